The van der Waals surface area contributed by atoms with Crippen molar-refractivity contribution in [3.05, 3.63) is 30.1 Å². The predicted octanol–water partition coefficient (Wildman–Crippen LogP) is 3.46. The molecule has 2 rings (SSSR count). The molecule has 1 heterocycles. The van der Waals surface area contributed by atoms with Crippen molar-refractivity contribution in [3.63, 3.8) is 0 Å². The Morgan fingerprint density at radius 2 is 1.96 bits per heavy atom. The van der Waals surface area contributed by atoms with E-state index < -0.39 is 6.10 Å². The normalized spacial score (nSPS) is 22.0. The summed E-state index contributed by atoms with van der Waals surface area (Å²) >= 11 is 0. The molecule has 0 aromatic carbocycles. The first kappa shape index (κ1) is 22.2. The second-order valence-electron chi connectivity index (χ2n) is 7.00. The Hall–Kier alpha value is -0.890. The first-order valence-corrected chi connectivity index (χ1v) is 9.17. The molecule has 1 fully saturated rings. The zero-order chi connectivity index (χ0) is 17.4. The summed E-state index contributed by atoms with van der Waals surface area (Å²) in [7, 11) is 2.10. The van der Waals surface area contributed by atoms with Gasteiger partial charge in [-0.15, -0.1) is 24.0 Å². The van der Waals surface area contributed by atoms with E-state index >= 15 is 0 Å². The second kappa shape index (κ2) is 11.7. The van der Waals surface area contributed by atoms with E-state index in [0.29, 0.717) is 6.54 Å². The molecule has 1 atom stereocenters. The third-order valence-corrected chi connectivity index (χ3v) is 4.87. The van der Waals surface area contributed by atoms with E-state index in [2.05, 4.69) is 41.1 Å². The molecule has 2 N–H and O–H groups in total. The number of hydrogen-bond donors (Lipinski definition) is 2. The van der Waals surface area contributed by atoms with Crippen LogP contribution in [0.5, 0.6) is 0 Å². The molecule has 6 heteroatoms. The van der Waals surface area contributed by atoms with Crippen molar-refractivity contribution in [1.82, 2.24) is 15.2 Å². The van der Waals surface area contributed by atoms with E-state index in [1.165, 1.54) is 25.7 Å². The fourth-order valence-electron chi connectivity index (χ4n) is 3.32. The number of guanidine groups is 1. The molecule has 1 aromatic heterocycles. The van der Waals surface area contributed by atoms with Gasteiger partial charge in [0.1, 0.15) is 0 Å². The molecule has 142 valence electrons. The highest BCUT2D eigenvalue weighted by Crippen LogP contribution is 2.28. The molecule has 0 aliphatic heterocycles. The van der Waals surface area contributed by atoms with Crippen molar-refractivity contribution < 1.29 is 5.11 Å². The molecule has 1 aliphatic rings. The molecule has 0 saturated heterocycles. The average molecular weight is 460 g/mol. The third kappa shape index (κ3) is 7.48. The fraction of sp³-hybridized carbons (Fsp3) is 0.684. The smallest absolute Gasteiger partial charge is 0.193 e. The Bertz CT molecular complexity index is 503. The van der Waals surface area contributed by atoms with Crippen LogP contribution >= 0.6 is 24.0 Å². The second-order valence-corrected chi connectivity index (χ2v) is 7.00. The molecular formula is C19H33IN4O. The Morgan fingerprint density at radius 3 is 2.56 bits per heavy atom. The van der Waals surface area contributed by atoms with Crippen LogP contribution in [0, 0.1) is 11.8 Å². The maximum atomic E-state index is 10.3. The third-order valence-electron chi connectivity index (χ3n) is 4.87. The molecule has 1 aliphatic carbocycles. The zero-order valence-electron chi connectivity index (χ0n) is 15.7. The Kier molecular flexibility index (Phi) is 10.3. The van der Waals surface area contributed by atoms with Crippen molar-refractivity contribution in [2.24, 2.45) is 16.8 Å². The lowest BCUT2D eigenvalue weighted by atomic mass is 9.83. The van der Waals surface area contributed by atoms with Crippen molar-refractivity contribution >= 4 is 29.9 Å². The van der Waals surface area contributed by atoms with E-state index in [9.17, 15) is 5.11 Å². The van der Waals surface area contributed by atoms with Crippen molar-refractivity contribution in [1.29, 1.82) is 0 Å². The maximum absolute atomic E-state index is 10.3. The Labute approximate surface area is 169 Å². The van der Waals surface area contributed by atoms with Crippen LogP contribution in [-0.4, -0.2) is 47.6 Å². The monoisotopic (exact) mass is 460 g/mol. The van der Waals surface area contributed by atoms with Gasteiger partial charge in [0.2, 0.25) is 0 Å². The molecule has 1 saturated carbocycles. The van der Waals surface area contributed by atoms with Gasteiger partial charge >= 0.3 is 0 Å². The molecule has 0 amide bonds. The highest BCUT2D eigenvalue weighted by Gasteiger charge is 2.20. The minimum Gasteiger partial charge on any atom is -0.386 e. The lowest BCUT2D eigenvalue weighted by Gasteiger charge is -2.31. The van der Waals surface area contributed by atoms with E-state index in [4.69, 9.17) is 0 Å². The highest BCUT2D eigenvalue weighted by atomic mass is 127. The summed E-state index contributed by atoms with van der Waals surface area (Å²) in [6.07, 6.45) is 8.10. The quantitative estimate of drug-likeness (QED) is 0.388. The Balaban J connectivity index is 0.00000312. The molecular weight excluding hydrogens is 427 g/mol. The number of nitrogens with one attached hydrogen (secondary N) is 1. The Morgan fingerprint density at radius 1 is 1.32 bits per heavy atom. The van der Waals surface area contributed by atoms with Crippen LogP contribution < -0.4 is 5.32 Å². The summed E-state index contributed by atoms with van der Waals surface area (Å²) in [5.74, 6) is 2.51. The van der Waals surface area contributed by atoms with Gasteiger partial charge in [0.25, 0.3) is 0 Å². The summed E-state index contributed by atoms with van der Waals surface area (Å²) < 4.78 is 0. The maximum Gasteiger partial charge on any atom is 0.193 e. The number of aliphatic hydroxyl groups is 1. The predicted molar refractivity (Wildman–Crippen MR) is 114 cm³/mol. The van der Waals surface area contributed by atoms with Gasteiger partial charge in [-0.1, -0.05) is 19.8 Å². The number of aromatic nitrogens is 1. The molecule has 5 nitrogen and oxygen atoms in total. The van der Waals surface area contributed by atoms with E-state index in [1.54, 1.807) is 12.4 Å². The van der Waals surface area contributed by atoms with Crippen LogP contribution in [0.1, 0.15) is 51.2 Å². The number of pyridine rings is 1. The van der Waals surface area contributed by atoms with E-state index in [0.717, 1.165) is 36.4 Å². The van der Waals surface area contributed by atoms with Crippen molar-refractivity contribution in [3.8, 4) is 0 Å². The van der Waals surface area contributed by atoms with Crippen LogP contribution in [0.3, 0.4) is 0 Å². The van der Waals surface area contributed by atoms with Gasteiger partial charge < -0.3 is 15.3 Å². The lowest BCUT2D eigenvalue weighted by molar-refractivity contribution is 0.186. The van der Waals surface area contributed by atoms with E-state index in [1.807, 2.05) is 12.1 Å². The minimum absolute atomic E-state index is 0. The topological polar surface area (TPSA) is 60.8 Å². The zero-order valence-corrected chi connectivity index (χ0v) is 18.0. The summed E-state index contributed by atoms with van der Waals surface area (Å²) in [5, 5.41) is 13.6. The summed E-state index contributed by atoms with van der Waals surface area (Å²) in [4.78, 5) is 10.8. The first-order valence-electron chi connectivity index (χ1n) is 9.17. The van der Waals surface area contributed by atoms with Crippen molar-refractivity contribution in [2.45, 2.75) is 45.6 Å². The molecule has 1 unspecified atom stereocenters. The standard InChI is InChI=1S/C19H32N4O.HI/c1-4-21-19(22-13-18(24)17-9-11-20-12-10-17)23(3)14-16-7-5-15(2)6-8-16;/h9-12,15-16,18,24H,4-8,13-14H2,1-3H3,(H,21,22);1H. The number of halogens is 1. The van der Waals surface area contributed by atoms with Crippen LogP contribution in [0.25, 0.3) is 0 Å². The van der Waals surface area contributed by atoms with Gasteiger partial charge in [-0.05, 0) is 49.3 Å². The van der Waals surface area contributed by atoms with Crippen LogP contribution in [0.15, 0.2) is 29.5 Å². The number of aliphatic imine (C=N–C) groups is 1. The van der Waals surface area contributed by atoms with Crippen LogP contribution in [0.4, 0.5) is 0 Å². The number of rotatable bonds is 6. The average Bonchev–Trinajstić information content (AvgIpc) is 2.61. The van der Waals surface area contributed by atoms with Gasteiger partial charge in [0.05, 0.1) is 12.6 Å². The molecule has 1 aromatic rings. The highest BCUT2D eigenvalue weighted by molar-refractivity contribution is 14.0. The molecule has 0 bridgehead atoms. The van der Waals surface area contributed by atoms with Crippen LogP contribution in [0.2, 0.25) is 0 Å². The summed E-state index contributed by atoms with van der Waals surface area (Å²) in [6.45, 7) is 6.65. The van der Waals surface area contributed by atoms with Gasteiger partial charge in [-0.25, -0.2) is 0 Å². The van der Waals surface area contributed by atoms with Gasteiger partial charge in [0.15, 0.2) is 5.96 Å². The molecule has 0 radical (unpaired) electrons. The lowest BCUT2D eigenvalue weighted by Crippen LogP contribution is -2.42. The number of aliphatic hydroxyl groups excluding tert-OH is 1. The van der Waals surface area contributed by atoms with Gasteiger partial charge in [0, 0.05) is 32.5 Å². The number of nitrogens with zero attached hydrogens (tertiary/aromatic N) is 3. The SMILES string of the molecule is CCNC(=NCC(O)c1ccncc1)N(C)CC1CCC(C)CC1.I. The van der Waals surface area contributed by atoms with E-state index in [-0.39, 0.29) is 24.0 Å². The molecule has 25 heavy (non-hydrogen) atoms. The molecule has 0 spiro atoms. The number of hydrogen-bond acceptors (Lipinski definition) is 3. The summed E-state index contributed by atoms with van der Waals surface area (Å²) in [6, 6.07) is 3.67. The minimum atomic E-state index is -0.592. The van der Waals surface area contributed by atoms with Gasteiger partial charge in [-0.3, -0.25) is 9.98 Å². The fourth-order valence-corrected chi connectivity index (χ4v) is 3.32. The largest absolute Gasteiger partial charge is 0.386 e. The first-order chi connectivity index (χ1) is 11.6. The van der Waals surface area contributed by atoms with Gasteiger partial charge in [-0.2, -0.15) is 0 Å². The van der Waals surface area contributed by atoms with Crippen molar-refractivity contribution in [2.75, 3.05) is 26.7 Å². The van der Waals surface area contributed by atoms with Crippen LogP contribution in [-0.2, 0) is 0 Å². The summed E-state index contributed by atoms with van der Waals surface area (Å²) in [5.41, 5.74) is 0.855.